The summed E-state index contributed by atoms with van der Waals surface area (Å²) in [5.74, 6) is -1.31. The minimum Gasteiger partial charge on any atom is -0.397 e. The second-order valence-electron chi connectivity index (χ2n) is 4.07. The number of likely N-dealkylation sites (N-methyl/N-ethyl adjacent to an activating group) is 1. The number of halogens is 4. The topological polar surface area (TPSA) is 58.4 Å². The zero-order chi connectivity index (χ0) is 14.6. The third-order valence-corrected chi connectivity index (χ3v) is 2.15. The highest BCUT2D eigenvalue weighted by molar-refractivity contribution is 5.95. The van der Waals surface area contributed by atoms with Gasteiger partial charge in [0.1, 0.15) is 5.82 Å². The zero-order valence-corrected chi connectivity index (χ0v) is 10.1. The Hall–Kier alpha value is -1.83. The smallest absolute Gasteiger partial charge is 0.397 e. The summed E-state index contributed by atoms with van der Waals surface area (Å²) in [6.07, 6.45) is -4.38. The van der Waals surface area contributed by atoms with E-state index in [1.165, 1.54) is 6.07 Å². The first kappa shape index (κ1) is 15.2. The molecule has 8 heteroatoms. The normalized spacial score (nSPS) is 11.7. The van der Waals surface area contributed by atoms with Crippen LogP contribution in [0.1, 0.15) is 0 Å². The Morgan fingerprint density at radius 1 is 1.42 bits per heavy atom. The molecular weight excluding hydrogens is 266 g/mol. The van der Waals surface area contributed by atoms with Gasteiger partial charge in [0.2, 0.25) is 5.91 Å². The standard InChI is InChI=1S/C11H13F4N3O/c1-18(6-11(13,14)15)5-10(19)17-9-4-7(12)2-3-8(9)16/h2-4H,5-6,16H2,1H3,(H,17,19). The highest BCUT2D eigenvalue weighted by Gasteiger charge is 2.29. The minimum absolute atomic E-state index is 0.0328. The molecule has 0 aliphatic heterocycles. The second-order valence-corrected chi connectivity index (χ2v) is 4.07. The van der Waals surface area contributed by atoms with Crippen LogP contribution in [0.3, 0.4) is 0 Å². The predicted octanol–water partition coefficient (Wildman–Crippen LogP) is 1.84. The zero-order valence-electron chi connectivity index (χ0n) is 10.1. The van der Waals surface area contributed by atoms with E-state index in [9.17, 15) is 22.4 Å². The van der Waals surface area contributed by atoms with E-state index in [-0.39, 0.29) is 11.4 Å². The quantitative estimate of drug-likeness (QED) is 0.653. The van der Waals surface area contributed by atoms with Crippen LogP contribution in [0.15, 0.2) is 18.2 Å². The third-order valence-electron chi connectivity index (χ3n) is 2.15. The van der Waals surface area contributed by atoms with Crippen molar-refractivity contribution in [1.29, 1.82) is 0 Å². The molecule has 0 aromatic heterocycles. The molecule has 1 rings (SSSR count). The predicted molar refractivity (Wildman–Crippen MR) is 63.0 cm³/mol. The molecule has 3 N–H and O–H groups in total. The molecule has 0 aliphatic rings. The van der Waals surface area contributed by atoms with Crippen LogP contribution in [-0.4, -0.2) is 37.1 Å². The van der Waals surface area contributed by atoms with Gasteiger partial charge in [-0.05, 0) is 25.2 Å². The maximum atomic E-state index is 12.9. The van der Waals surface area contributed by atoms with Crippen molar-refractivity contribution in [3.8, 4) is 0 Å². The molecular formula is C11H13F4N3O. The van der Waals surface area contributed by atoms with Crippen LogP contribution < -0.4 is 11.1 Å². The number of carbonyl (C=O) groups excluding carboxylic acids is 1. The molecule has 1 amide bonds. The van der Waals surface area contributed by atoms with Gasteiger partial charge >= 0.3 is 6.18 Å². The number of hydrogen-bond acceptors (Lipinski definition) is 3. The lowest BCUT2D eigenvalue weighted by Gasteiger charge is -2.18. The molecule has 1 aromatic carbocycles. The first-order chi connectivity index (χ1) is 8.67. The van der Waals surface area contributed by atoms with E-state index < -0.39 is 31.0 Å². The molecule has 0 heterocycles. The maximum Gasteiger partial charge on any atom is 0.401 e. The van der Waals surface area contributed by atoms with Crippen LogP contribution in [0.4, 0.5) is 28.9 Å². The molecule has 0 bridgehead atoms. The Bertz CT molecular complexity index is 462. The fraction of sp³-hybridized carbons (Fsp3) is 0.364. The van der Waals surface area contributed by atoms with Crippen molar-refractivity contribution >= 4 is 17.3 Å². The molecule has 0 saturated heterocycles. The number of hydrogen-bond donors (Lipinski definition) is 2. The molecule has 106 valence electrons. The SMILES string of the molecule is CN(CC(=O)Nc1cc(F)ccc1N)CC(F)(F)F. The summed E-state index contributed by atoms with van der Waals surface area (Å²) in [6, 6.07) is 3.36. The lowest BCUT2D eigenvalue weighted by molar-refractivity contribution is -0.145. The van der Waals surface area contributed by atoms with Gasteiger partial charge in [-0.25, -0.2) is 4.39 Å². The van der Waals surface area contributed by atoms with Crippen molar-refractivity contribution < 1.29 is 22.4 Å². The number of amides is 1. The van der Waals surface area contributed by atoms with Gasteiger partial charge in [-0.2, -0.15) is 13.2 Å². The Labute approximate surface area is 107 Å². The number of nitrogens with one attached hydrogen (secondary N) is 1. The molecule has 0 radical (unpaired) electrons. The number of anilines is 2. The number of carbonyl (C=O) groups is 1. The van der Waals surface area contributed by atoms with E-state index in [0.29, 0.717) is 0 Å². The number of nitrogens with two attached hydrogens (primary N) is 1. The number of nitrogens with zero attached hydrogens (tertiary/aromatic N) is 1. The Morgan fingerprint density at radius 3 is 2.63 bits per heavy atom. The number of nitrogen functional groups attached to an aromatic ring is 1. The summed E-state index contributed by atoms with van der Waals surface area (Å²) in [6.45, 7) is -1.69. The van der Waals surface area contributed by atoms with Crippen molar-refractivity contribution in [3.63, 3.8) is 0 Å². The van der Waals surface area contributed by atoms with Crippen LogP contribution in [0.5, 0.6) is 0 Å². The molecule has 1 aromatic rings. The van der Waals surface area contributed by atoms with Gasteiger partial charge in [0.25, 0.3) is 0 Å². The third kappa shape index (κ3) is 5.56. The summed E-state index contributed by atoms with van der Waals surface area (Å²) in [5.41, 5.74) is 5.66. The molecule has 19 heavy (non-hydrogen) atoms. The van der Waals surface area contributed by atoms with E-state index in [4.69, 9.17) is 5.73 Å². The van der Waals surface area contributed by atoms with E-state index in [1.807, 2.05) is 0 Å². The summed E-state index contributed by atoms with van der Waals surface area (Å²) in [5, 5.41) is 2.25. The molecule has 4 nitrogen and oxygen atoms in total. The fourth-order valence-electron chi connectivity index (χ4n) is 1.43. The molecule has 0 atom stereocenters. The van der Waals surface area contributed by atoms with Gasteiger partial charge in [-0.3, -0.25) is 9.69 Å². The van der Waals surface area contributed by atoms with E-state index in [2.05, 4.69) is 5.32 Å². The molecule has 0 aliphatic carbocycles. The van der Waals surface area contributed by atoms with Gasteiger partial charge in [-0.1, -0.05) is 0 Å². The van der Waals surface area contributed by atoms with Crippen LogP contribution in [0.2, 0.25) is 0 Å². The Morgan fingerprint density at radius 2 is 2.05 bits per heavy atom. The monoisotopic (exact) mass is 279 g/mol. The Balaban J connectivity index is 2.58. The second kappa shape index (κ2) is 5.87. The average molecular weight is 279 g/mol. The van der Waals surface area contributed by atoms with Crippen LogP contribution in [0.25, 0.3) is 0 Å². The molecule has 0 fully saturated rings. The highest BCUT2D eigenvalue weighted by Crippen LogP contribution is 2.19. The van der Waals surface area contributed by atoms with Crippen molar-refractivity contribution in [2.45, 2.75) is 6.18 Å². The summed E-state index contributed by atoms with van der Waals surface area (Å²) < 4.78 is 49.1. The van der Waals surface area contributed by atoms with Crippen LogP contribution in [-0.2, 0) is 4.79 Å². The van der Waals surface area contributed by atoms with Gasteiger partial charge in [0, 0.05) is 0 Å². The fourth-order valence-corrected chi connectivity index (χ4v) is 1.43. The van der Waals surface area contributed by atoms with Crippen molar-refractivity contribution in [2.24, 2.45) is 0 Å². The summed E-state index contributed by atoms with van der Waals surface area (Å²) in [4.78, 5) is 12.3. The number of benzene rings is 1. The van der Waals surface area contributed by atoms with E-state index >= 15 is 0 Å². The molecule has 0 saturated carbocycles. The van der Waals surface area contributed by atoms with Crippen molar-refractivity contribution in [2.75, 3.05) is 31.2 Å². The van der Waals surface area contributed by atoms with Crippen molar-refractivity contribution in [3.05, 3.63) is 24.0 Å². The number of rotatable bonds is 4. The van der Waals surface area contributed by atoms with E-state index in [1.54, 1.807) is 0 Å². The van der Waals surface area contributed by atoms with E-state index in [0.717, 1.165) is 24.1 Å². The highest BCUT2D eigenvalue weighted by atomic mass is 19.4. The average Bonchev–Trinajstić information content (AvgIpc) is 2.20. The minimum atomic E-state index is -4.38. The maximum absolute atomic E-state index is 12.9. The van der Waals surface area contributed by atoms with Gasteiger partial charge in [-0.15, -0.1) is 0 Å². The van der Waals surface area contributed by atoms with Crippen LogP contribution >= 0.6 is 0 Å². The van der Waals surface area contributed by atoms with Gasteiger partial charge < -0.3 is 11.1 Å². The Kier molecular flexibility index (Phi) is 4.71. The molecule has 0 spiro atoms. The lowest BCUT2D eigenvalue weighted by Crippen LogP contribution is -2.37. The molecule has 0 unspecified atom stereocenters. The van der Waals surface area contributed by atoms with Crippen molar-refractivity contribution in [1.82, 2.24) is 4.90 Å². The van der Waals surface area contributed by atoms with Crippen LogP contribution in [0, 0.1) is 5.82 Å². The first-order valence-electron chi connectivity index (χ1n) is 5.27. The van der Waals surface area contributed by atoms with Gasteiger partial charge in [0.15, 0.2) is 0 Å². The first-order valence-corrected chi connectivity index (χ1v) is 5.27. The largest absolute Gasteiger partial charge is 0.401 e. The summed E-state index contributed by atoms with van der Waals surface area (Å²) in [7, 11) is 1.15. The summed E-state index contributed by atoms with van der Waals surface area (Å²) >= 11 is 0. The lowest BCUT2D eigenvalue weighted by atomic mass is 10.2. The van der Waals surface area contributed by atoms with Gasteiger partial charge in [0.05, 0.1) is 24.5 Å². The number of alkyl halides is 3.